The number of pyridine rings is 1. The van der Waals surface area contributed by atoms with Crippen LogP contribution in [0.2, 0.25) is 5.15 Å². The third-order valence-electron chi connectivity index (χ3n) is 3.57. The molecule has 1 aliphatic rings. The number of para-hydroxylation sites is 1. The maximum absolute atomic E-state index is 5.99. The van der Waals surface area contributed by atoms with Crippen molar-refractivity contribution < 1.29 is 0 Å². The Kier molecular flexibility index (Phi) is 3.65. The van der Waals surface area contributed by atoms with E-state index in [1.54, 1.807) is 6.07 Å². The van der Waals surface area contributed by atoms with E-state index in [0.29, 0.717) is 10.8 Å². The summed E-state index contributed by atoms with van der Waals surface area (Å²) in [6.07, 6.45) is 0. The fourth-order valence-corrected chi connectivity index (χ4v) is 2.65. The number of nitrogens with two attached hydrogens (primary N) is 1. The van der Waals surface area contributed by atoms with E-state index in [4.69, 9.17) is 17.3 Å². The molecule has 1 fully saturated rings. The van der Waals surface area contributed by atoms with Gasteiger partial charge >= 0.3 is 0 Å². The zero-order valence-corrected chi connectivity index (χ0v) is 11.9. The average molecular weight is 289 g/mol. The minimum absolute atomic E-state index is 0.486. The van der Waals surface area contributed by atoms with Gasteiger partial charge < -0.3 is 15.5 Å². The van der Waals surface area contributed by atoms with E-state index in [2.05, 4.69) is 39.0 Å². The van der Waals surface area contributed by atoms with E-state index in [1.807, 2.05) is 12.1 Å². The summed E-state index contributed by atoms with van der Waals surface area (Å²) in [5.74, 6) is 0.796. The second kappa shape index (κ2) is 5.59. The Balaban J connectivity index is 1.71. The molecule has 1 aromatic heterocycles. The predicted molar refractivity (Wildman–Crippen MR) is 84.5 cm³/mol. The lowest BCUT2D eigenvalue weighted by Gasteiger charge is -2.37. The van der Waals surface area contributed by atoms with Crippen LogP contribution in [0.5, 0.6) is 0 Å². The molecule has 1 aromatic carbocycles. The van der Waals surface area contributed by atoms with Crippen LogP contribution in [0.4, 0.5) is 17.2 Å². The molecule has 20 heavy (non-hydrogen) atoms. The van der Waals surface area contributed by atoms with Crippen molar-refractivity contribution in [3.05, 3.63) is 47.6 Å². The van der Waals surface area contributed by atoms with Crippen LogP contribution in [0.25, 0.3) is 0 Å². The number of hydrogen-bond donors (Lipinski definition) is 1. The van der Waals surface area contributed by atoms with Gasteiger partial charge in [0.1, 0.15) is 5.15 Å². The third kappa shape index (κ3) is 2.65. The Hall–Kier alpha value is -1.94. The summed E-state index contributed by atoms with van der Waals surface area (Å²) in [5.41, 5.74) is 7.94. The number of nitrogen functional groups attached to an aromatic ring is 1. The van der Waals surface area contributed by atoms with Crippen LogP contribution in [0.3, 0.4) is 0 Å². The summed E-state index contributed by atoms with van der Waals surface area (Å²) in [7, 11) is 0. The van der Waals surface area contributed by atoms with Gasteiger partial charge in [0.05, 0.1) is 5.69 Å². The van der Waals surface area contributed by atoms with Crippen LogP contribution in [-0.2, 0) is 0 Å². The lowest BCUT2D eigenvalue weighted by molar-refractivity contribution is 0.648. The zero-order chi connectivity index (χ0) is 13.9. The number of rotatable bonds is 2. The molecular formula is C15H17ClN4. The van der Waals surface area contributed by atoms with Gasteiger partial charge in [-0.25, -0.2) is 4.98 Å². The second-order valence-corrected chi connectivity index (χ2v) is 5.24. The van der Waals surface area contributed by atoms with Crippen LogP contribution in [0, 0.1) is 0 Å². The van der Waals surface area contributed by atoms with Gasteiger partial charge in [0.15, 0.2) is 5.82 Å². The molecule has 0 bridgehead atoms. The number of benzene rings is 1. The summed E-state index contributed by atoms with van der Waals surface area (Å²) in [5, 5.41) is 0.486. The van der Waals surface area contributed by atoms with E-state index in [-0.39, 0.29) is 0 Å². The first kappa shape index (κ1) is 13.1. The Morgan fingerprint density at radius 2 is 1.55 bits per heavy atom. The smallest absolute Gasteiger partial charge is 0.153 e. The van der Waals surface area contributed by atoms with Gasteiger partial charge in [0.2, 0.25) is 0 Å². The molecule has 2 heterocycles. The topological polar surface area (TPSA) is 45.4 Å². The van der Waals surface area contributed by atoms with Crippen molar-refractivity contribution in [2.75, 3.05) is 41.7 Å². The fourth-order valence-electron chi connectivity index (χ4n) is 2.50. The van der Waals surface area contributed by atoms with Crippen LogP contribution in [-0.4, -0.2) is 31.2 Å². The van der Waals surface area contributed by atoms with E-state index >= 15 is 0 Å². The molecule has 3 rings (SSSR count). The van der Waals surface area contributed by atoms with Gasteiger partial charge in [0.25, 0.3) is 0 Å². The molecule has 0 unspecified atom stereocenters. The van der Waals surface area contributed by atoms with Crippen LogP contribution >= 0.6 is 11.6 Å². The molecule has 2 aromatic rings. The highest BCUT2D eigenvalue weighted by molar-refractivity contribution is 6.29. The quantitative estimate of drug-likeness (QED) is 0.863. The van der Waals surface area contributed by atoms with Crippen molar-refractivity contribution in [2.45, 2.75) is 0 Å². The summed E-state index contributed by atoms with van der Waals surface area (Å²) in [6, 6.07) is 14.0. The molecule has 2 N–H and O–H groups in total. The highest BCUT2D eigenvalue weighted by atomic mass is 35.5. The number of nitrogens with zero attached hydrogens (tertiary/aromatic N) is 3. The van der Waals surface area contributed by atoms with Crippen molar-refractivity contribution in [3.8, 4) is 0 Å². The molecule has 1 saturated heterocycles. The van der Waals surface area contributed by atoms with Gasteiger partial charge in [-0.1, -0.05) is 29.8 Å². The molecule has 104 valence electrons. The van der Waals surface area contributed by atoms with Gasteiger partial charge in [-0.2, -0.15) is 0 Å². The summed E-state index contributed by atoms with van der Waals surface area (Å²) in [4.78, 5) is 8.91. The Labute approximate surface area is 123 Å². The highest BCUT2D eigenvalue weighted by Crippen LogP contribution is 2.25. The lowest BCUT2D eigenvalue weighted by atomic mass is 10.2. The Morgan fingerprint density at radius 1 is 0.900 bits per heavy atom. The van der Waals surface area contributed by atoms with Gasteiger partial charge in [-0.05, 0) is 24.3 Å². The third-order valence-corrected chi connectivity index (χ3v) is 3.78. The van der Waals surface area contributed by atoms with Crippen molar-refractivity contribution >= 4 is 28.8 Å². The monoisotopic (exact) mass is 288 g/mol. The fraction of sp³-hybridized carbons (Fsp3) is 0.267. The summed E-state index contributed by atoms with van der Waals surface area (Å²) < 4.78 is 0. The first-order chi connectivity index (χ1) is 9.74. The minimum atomic E-state index is 0.486. The van der Waals surface area contributed by atoms with E-state index in [9.17, 15) is 0 Å². The van der Waals surface area contributed by atoms with Gasteiger partial charge in [-0.15, -0.1) is 0 Å². The molecule has 0 amide bonds. The van der Waals surface area contributed by atoms with Gasteiger partial charge in [0, 0.05) is 31.9 Å². The maximum atomic E-state index is 5.99. The van der Waals surface area contributed by atoms with E-state index in [1.165, 1.54) is 5.69 Å². The van der Waals surface area contributed by atoms with Crippen LogP contribution in [0.1, 0.15) is 0 Å². The van der Waals surface area contributed by atoms with Crippen molar-refractivity contribution in [1.82, 2.24) is 4.98 Å². The minimum Gasteiger partial charge on any atom is -0.396 e. The number of piperazine rings is 1. The molecular weight excluding hydrogens is 272 g/mol. The number of aromatic nitrogens is 1. The van der Waals surface area contributed by atoms with E-state index < -0.39 is 0 Å². The molecule has 1 aliphatic heterocycles. The normalized spacial score (nSPS) is 15.4. The Bertz CT molecular complexity index is 580. The van der Waals surface area contributed by atoms with Crippen LogP contribution in [0.15, 0.2) is 42.5 Å². The number of hydrogen-bond acceptors (Lipinski definition) is 4. The molecule has 0 aliphatic carbocycles. The molecule has 4 nitrogen and oxygen atoms in total. The largest absolute Gasteiger partial charge is 0.396 e. The first-order valence-electron chi connectivity index (χ1n) is 6.71. The average Bonchev–Trinajstić information content (AvgIpc) is 2.51. The van der Waals surface area contributed by atoms with Crippen molar-refractivity contribution in [2.24, 2.45) is 0 Å². The van der Waals surface area contributed by atoms with E-state index in [0.717, 1.165) is 32.0 Å². The summed E-state index contributed by atoms with van der Waals surface area (Å²) >= 11 is 5.96. The summed E-state index contributed by atoms with van der Waals surface area (Å²) in [6.45, 7) is 3.70. The number of halogens is 1. The van der Waals surface area contributed by atoms with Crippen LogP contribution < -0.4 is 15.5 Å². The first-order valence-corrected chi connectivity index (χ1v) is 7.09. The number of anilines is 3. The van der Waals surface area contributed by atoms with Gasteiger partial charge in [-0.3, -0.25) is 0 Å². The molecule has 5 heteroatoms. The second-order valence-electron chi connectivity index (χ2n) is 4.86. The molecule has 0 atom stereocenters. The van der Waals surface area contributed by atoms with Crippen molar-refractivity contribution in [3.63, 3.8) is 0 Å². The lowest BCUT2D eigenvalue weighted by Crippen LogP contribution is -2.47. The van der Waals surface area contributed by atoms with Crippen molar-refractivity contribution in [1.29, 1.82) is 0 Å². The SMILES string of the molecule is Nc1ccc(Cl)nc1N1CCN(c2ccccc2)CC1. The molecule has 0 spiro atoms. The standard InChI is InChI=1S/C15H17ClN4/c16-14-7-6-13(17)15(18-14)20-10-8-19(9-11-20)12-4-2-1-3-5-12/h1-7H,8-11,17H2. The highest BCUT2D eigenvalue weighted by Gasteiger charge is 2.20. The molecule has 0 radical (unpaired) electrons. The maximum Gasteiger partial charge on any atom is 0.153 e. The molecule has 0 saturated carbocycles. The Morgan fingerprint density at radius 3 is 2.25 bits per heavy atom. The predicted octanol–water partition coefficient (Wildman–Crippen LogP) is 2.64. The zero-order valence-electron chi connectivity index (χ0n) is 11.2.